The zero-order valence-corrected chi connectivity index (χ0v) is 11.5. The lowest BCUT2D eigenvalue weighted by molar-refractivity contribution is 0.187. The Bertz CT molecular complexity index is 241. The van der Waals surface area contributed by atoms with Crippen LogP contribution in [0.3, 0.4) is 0 Å². The molecule has 2 atom stereocenters. The van der Waals surface area contributed by atoms with Crippen molar-refractivity contribution in [1.29, 1.82) is 0 Å². The summed E-state index contributed by atoms with van der Waals surface area (Å²) >= 11 is 0. The van der Waals surface area contributed by atoms with Crippen LogP contribution in [0, 0.1) is 11.8 Å². The zero-order chi connectivity index (χ0) is 12.1. The molecule has 1 aliphatic carbocycles. The maximum absolute atomic E-state index is 3.78. The van der Waals surface area contributed by atoms with E-state index in [9.17, 15) is 0 Å². The van der Waals surface area contributed by atoms with Crippen LogP contribution in [-0.4, -0.2) is 37.6 Å². The van der Waals surface area contributed by atoms with Gasteiger partial charge in [-0.05, 0) is 77.5 Å². The quantitative estimate of drug-likeness (QED) is 0.755. The normalized spacial score (nSPS) is 29.4. The van der Waals surface area contributed by atoms with E-state index in [1.807, 2.05) is 0 Å². The number of rotatable bonds is 4. The number of nitrogens with one attached hydrogen (secondary N) is 1. The largest absolute Gasteiger partial charge is 0.314 e. The van der Waals surface area contributed by atoms with Gasteiger partial charge < -0.3 is 10.2 Å². The van der Waals surface area contributed by atoms with Crippen molar-refractivity contribution in [2.24, 2.45) is 11.8 Å². The summed E-state index contributed by atoms with van der Waals surface area (Å²) < 4.78 is 0. The molecule has 2 rings (SSSR count). The van der Waals surface area contributed by atoms with E-state index in [0.717, 1.165) is 11.8 Å². The summed E-state index contributed by atoms with van der Waals surface area (Å²) in [5.41, 5.74) is 0. The Morgan fingerprint density at radius 2 is 2.00 bits per heavy atom. The zero-order valence-electron chi connectivity index (χ0n) is 11.5. The Morgan fingerprint density at radius 3 is 2.65 bits per heavy atom. The predicted octanol–water partition coefficient (Wildman–Crippen LogP) is 2.66. The molecule has 1 heterocycles. The first-order chi connectivity index (χ1) is 8.25. The maximum Gasteiger partial charge on any atom is 0.00680 e. The average molecular weight is 236 g/mol. The molecule has 98 valence electrons. The molecule has 1 N–H and O–H groups in total. The first-order valence-corrected chi connectivity index (χ1v) is 7.32. The van der Waals surface area contributed by atoms with Gasteiger partial charge in [0, 0.05) is 6.04 Å². The number of likely N-dealkylation sites (tertiary alicyclic amines) is 1. The molecule has 0 aromatic heterocycles. The molecule has 0 spiro atoms. The van der Waals surface area contributed by atoms with Crippen LogP contribution >= 0.6 is 0 Å². The van der Waals surface area contributed by atoms with Gasteiger partial charge in [0.05, 0.1) is 0 Å². The Morgan fingerprint density at radius 1 is 1.24 bits per heavy atom. The van der Waals surface area contributed by atoms with Gasteiger partial charge in [-0.25, -0.2) is 0 Å². The fraction of sp³-hybridized carbons (Fsp3) is 0.867. The molecule has 2 unspecified atom stereocenters. The molecule has 2 heteroatoms. The van der Waals surface area contributed by atoms with E-state index in [4.69, 9.17) is 0 Å². The molecule has 2 aliphatic rings. The Balaban J connectivity index is 1.66. The standard InChI is InChI=1S/C15H28N2/c1-13(15-8-10-17(2)11-9-15)16-12-14-6-4-3-5-7-14/h3-4,13-16H,5-12H2,1-2H3. The summed E-state index contributed by atoms with van der Waals surface area (Å²) in [6.07, 6.45) is 11.4. The highest BCUT2D eigenvalue weighted by atomic mass is 15.1. The van der Waals surface area contributed by atoms with Crippen molar-refractivity contribution in [3.05, 3.63) is 12.2 Å². The van der Waals surface area contributed by atoms with E-state index in [0.29, 0.717) is 6.04 Å². The fourth-order valence-corrected chi connectivity index (χ4v) is 3.09. The number of hydrogen-bond donors (Lipinski definition) is 1. The molecular weight excluding hydrogens is 208 g/mol. The molecule has 0 saturated carbocycles. The minimum Gasteiger partial charge on any atom is -0.314 e. The summed E-state index contributed by atoms with van der Waals surface area (Å²) in [5, 5.41) is 3.78. The molecule has 0 bridgehead atoms. The third kappa shape index (κ3) is 4.11. The van der Waals surface area contributed by atoms with Crippen molar-refractivity contribution < 1.29 is 0 Å². The van der Waals surface area contributed by atoms with Gasteiger partial charge in [0.25, 0.3) is 0 Å². The molecule has 0 radical (unpaired) electrons. The molecule has 1 saturated heterocycles. The van der Waals surface area contributed by atoms with Crippen LogP contribution in [0.2, 0.25) is 0 Å². The average Bonchev–Trinajstić information content (AvgIpc) is 2.38. The number of nitrogens with zero attached hydrogens (tertiary/aromatic N) is 1. The van der Waals surface area contributed by atoms with Gasteiger partial charge in [0.2, 0.25) is 0 Å². The third-order valence-electron chi connectivity index (χ3n) is 4.58. The molecule has 1 fully saturated rings. The first-order valence-electron chi connectivity index (χ1n) is 7.32. The maximum atomic E-state index is 3.78. The van der Waals surface area contributed by atoms with E-state index in [-0.39, 0.29) is 0 Å². The van der Waals surface area contributed by atoms with Crippen molar-refractivity contribution >= 4 is 0 Å². The van der Waals surface area contributed by atoms with Gasteiger partial charge in [-0.1, -0.05) is 12.2 Å². The van der Waals surface area contributed by atoms with Crippen LogP contribution in [0.5, 0.6) is 0 Å². The molecule has 1 aliphatic heterocycles. The van der Waals surface area contributed by atoms with Crippen LogP contribution in [-0.2, 0) is 0 Å². The number of hydrogen-bond acceptors (Lipinski definition) is 2. The molecule has 17 heavy (non-hydrogen) atoms. The summed E-state index contributed by atoms with van der Waals surface area (Å²) in [6.45, 7) is 6.16. The van der Waals surface area contributed by atoms with E-state index < -0.39 is 0 Å². The van der Waals surface area contributed by atoms with E-state index in [1.54, 1.807) is 0 Å². The van der Waals surface area contributed by atoms with Crippen molar-refractivity contribution in [1.82, 2.24) is 10.2 Å². The Labute approximate surface area is 106 Å². The summed E-state index contributed by atoms with van der Waals surface area (Å²) in [5.74, 6) is 1.78. The van der Waals surface area contributed by atoms with Gasteiger partial charge >= 0.3 is 0 Å². The van der Waals surface area contributed by atoms with Crippen LogP contribution < -0.4 is 5.32 Å². The van der Waals surface area contributed by atoms with Crippen molar-refractivity contribution in [3.63, 3.8) is 0 Å². The second-order valence-corrected chi connectivity index (χ2v) is 5.99. The second-order valence-electron chi connectivity index (χ2n) is 5.99. The van der Waals surface area contributed by atoms with Crippen molar-refractivity contribution in [3.8, 4) is 0 Å². The van der Waals surface area contributed by atoms with Gasteiger partial charge in [-0.3, -0.25) is 0 Å². The first kappa shape index (κ1) is 13.1. The number of piperidine rings is 1. The third-order valence-corrected chi connectivity index (χ3v) is 4.58. The lowest BCUT2D eigenvalue weighted by Gasteiger charge is -2.34. The number of allylic oxidation sites excluding steroid dienone is 2. The lowest BCUT2D eigenvalue weighted by atomic mass is 9.89. The van der Waals surface area contributed by atoms with Gasteiger partial charge in [-0.2, -0.15) is 0 Å². The minimum atomic E-state index is 0.703. The topological polar surface area (TPSA) is 15.3 Å². The highest BCUT2D eigenvalue weighted by Gasteiger charge is 2.22. The van der Waals surface area contributed by atoms with E-state index in [1.165, 1.54) is 51.7 Å². The van der Waals surface area contributed by atoms with Gasteiger partial charge in [-0.15, -0.1) is 0 Å². The highest BCUT2D eigenvalue weighted by molar-refractivity contribution is 4.91. The Kier molecular flexibility index (Phi) is 5.05. The summed E-state index contributed by atoms with van der Waals surface area (Å²) in [4.78, 5) is 2.45. The molecule has 0 aromatic carbocycles. The molecule has 0 amide bonds. The van der Waals surface area contributed by atoms with Crippen molar-refractivity contribution in [2.75, 3.05) is 26.7 Å². The van der Waals surface area contributed by atoms with Crippen LogP contribution in [0.25, 0.3) is 0 Å². The van der Waals surface area contributed by atoms with E-state index in [2.05, 4.69) is 36.3 Å². The SMILES string of the molecule is CC(NCC1CC=CCC1)C1CCN(C)CC1. The van der Waals surface area contributed by atoms with Crippen LogP contribution in [0.1, 0.15) is 39.0 Å². The summed E-state index contributed by atoms with van der Waals surface area (Å²) in [7, 11) is 2.24. The molecule has 2 nitrogen and oxygen atoms in total. The molecule has 0 aromatic rings. The monoisotopic (exact) mass is 236 g/mol. The van der Waals surface area contributed by atoms with Crippen LogP contribution in [0.4, 0.5) is 0 Å². The van der Waals surface area contributed by atoms with Crippen LogP contribution in [0.15, 0.2) is 12.2 Å². The second kappa shape index (κ2) is 6.55. The van der Waals surface area contributed by atoms with Gasteiger partial charge in [0.1, 0.15) is 0 Å². The lowest BCUT2D eigenvalue weighted by Crippen LogP contribution is -2.42. The Hall–Kier alpha value is -0.340. The summed E-state index contributed by atoms with van der Waals surface area (Å²) in [6, 6.07) is 0.703. The molecular formula is C15H28N2. The highest BCUT2D eigenvalue weighted by Crippen LogP contribution is 2.21. The van der Waals surface area contributed by atoms with Crippen molar-refractivity contribution in [2.45, 2.75) is 45.1 Å². The minimum absolute atomic E-state index is 0.703. The smallest absolute Gasteiger partial charge is 0.00680 e. The predicted molar refractivity (Wildman–Crippen MR) is 74.2 cm³/mol. The fourth-order valence-electron chi connectivity index (χ4n) is 3.09. The van der Waals surface area contributed by atoms with Gasteiger partial charge in [0.15, 0.2) is 0 Å². The van der Waals surface area contributed by atoms with E-state index >= 15 is 0 Å².